The van der Waals surface area contributed by atoms with Gasteiger partial charge < -0.3 is 20.3 Å². The minimum absolute atomic E-state index is 0.259. The van der Waals surface area contributed by atoms with Crippen molar-refractivity contribution in [2.45, 2.75) is 91.1 Å². The Bertz CT molecular complexity index is 300. The van der Waals surface area contributed by atoms with Gasteiger partial charge in [-0.1, -0.05) is 58.6 Å². The second kappa shape index (κ2) is 24.1. The van der Waals surface area contributed by atoms with Gasteiger partial charge in [0.2, 0.25) is 0 Å². The third-order valence-electron chi connectivity index (χ3n) is 3.88. The molecule has 0 heterocycles. The van der Waals surface area contributed by atoms with Crippen LogP contribution < -0.4 is 5.32 Å². The van der Waals surface area contributed by atoms with Crippen LogP contribution >= 0.6 is 0 Å². The van der Waals surface area contributed by atoms with Crippen molar-refractivity contribution >= 4 is 5.97 Å². The van der Waals surface area contributed by atoms with Crippen LogP contribution in [0, 0.1) is 0 Å². The summed E-state index contributed by atoms with van der Waals surface area (Å²) >= 11 is 0. The van der Waals surface area contributed by atoms with E-state index in [2.05, 4.69) is 31.3 Å². The second-order valence-corrected chi connectivity index (χ2v) is 6.37. The molecule has 0 aromatic rings. The van der Waals surface area contributed by atoms with Crippen molar-refractivity contribution in [3.63, 3.8) is 0 Å². The molecule has 0 rings (SSSR count). The van der Waals surface area contributed by atoms with Crippen molar-refractivity contribution in [2.75, 3.05) is 26.3 Å². The van der Waals surface area contributed by atoms with Crippen LogP contribution in [0.5, 0.6) is 0 Å². The smallest absolute Gasteiger partial charge is 0.332 e. The average molecular weight is 374 g/mol. The lowest BCUT2D eigenvalue weighted by Gasteiger charge is -2.10. The Morgan fingerprint density at radius 2 is 1.73 bits per heavy atom. The van der Waals surface area contributed by atoms with Crippen LogP contribution in [-0.4, -0.2) is 48.6 Å². The lowest BCUT2D eigenvalue weighted by Crippen LogP contribution is -2.23. The number of hydrogen-bond donors (Lipinski definition) is 3. The fraction of sp³-hybridized carbons (Fsp3) is 0.857. The summed E-state index contributed by atoms with van der Waals surface area (Å²) in [7, 11) is 0. The first kappa shape index (κ1) is 27.3. The zero-order chi connectivity index (χ0) is 19.9. The molecule has 5 heteroatoms. The van der Waals surface area contributed by atoms with E-state index in [0.717, 1.165) is 38.8 Å². The number of carboxylic acids is 1. The molecule has 0 aliphatic heterocycles. The van der Waals surface area contributed by atoms with Gasteiger partial charge in [-0.2, -0.15) is 0 Å². The standard InChI is InChI=1S/C12H22O3.C9H21NO/c1-3-5-6-7-8-9-10-15-11(4-2)12(13)14;1-2-3-4-5-6-7-10-8-9-11/h5-6,11H,3-4,7-10H2,1-2H3,(H,13,14);10-11H,2-9H2,1H3/b6-5-;. The Morgan fingerprint density at radius 1 is 1.00 bits per heavy atom. The summed E-state index contributed by atoms with van der Waals surface area (Å²) in [6, 6.07) is 0. The highest BCUT2D eigenvalue weighted by molar-refractivity contribution is 5.72. The van der Waals surface area contributed by atoms with Gasteiger partial charge in [-0.05, 0) is 45.1 Å². The van der Waals surface area contributed by atoms with Gasteiger partial charge in [0.05, 0.1) is 6.61 Å². The molecular weight excluding hydrogens is 330 g/mol. The third-order valence-corrected chi connectivity index (χ3v) is 3.88. The number of nitrogens with one attached hydrogen (secondary N) is 1. The number of carbonyl (C=O) groups is 1. The molecule has 0 spiro atoms. The number of unbranched alkanes of at least 4 members (excludes halogenated alkanes) is 6. The highest BCUT2D eigenvalue weighted by atomic mass is 16.5. The summed E-state index contributed by atoms with van der Waals surface area (Å²) < 4.78 is 5.24. The first-order chi connectivity index (χ1) is 12.6. The number of ether oxygens (including phenoxy) is 1. The lowest BCUT2D eigenvalue weighted by atomic mass is 10.1. The van der Waals surface area contributed by atoms with Gasteiger partial charge in [-0.3, -0.25) is 0 Å². The quantitative estimate of drug-likeness (QED) is 0.258. The van der Waals surface area contributed by atoms with Crippen molar-refractivity contribution in [1.29, 1.82) is 0 Å². The number of aliphatic carboxylic acids is 1. The maximum absolute atomic E-state index is 10.6. The summed E-state index contributed by atoms with van der Waals surface area (Å²) in [4.78, 5) is 10.6. The van der Waals surface area contributed by atoms with E-state index < -0.39 is 12.1 Å². The molecule has 0 aliphatic rings. The number of allylic oxidation sites excluding steroid dienone is 2. The number of aliphatic hydroxyl groups excluding tert-OH is 1. The fourth-order valence-electron chi connectivity index (χ4n) is 2.30. The molecule has 0 aromatic carbocycles. The molecule has 156 valence electrons. The predicted octanol–water partition coefficient (Wildman–Crippen LogP) is 4.54. The molecule has 0 aliphatic carbocycles. The number of aliphatic hydroxyl groups is 1. The van der Waals surface area contributed by atoms with Gasteiger partial charge in [0.15, 0.2) is 6.10 Å². The Labute approximate surface area is 161 Å². The summed E-state index contributed by atoms with van der Waals surface area (Å²) in [6.45, 7) is 8.77. The van der Waals surface area contributed by atoms with E-state index in [9.17, 15) is 4.79 Å². The largest absolute Gasteiger partial charge is 0.479 e. The SMILES string of the molecule is CC/C=C\CCCCOC(CC)C(=O)O.CCCCCCCNCCO. The second-order valence-electron chi connectivity index (χ2n) is 6.37. The normalized spacial score (nSPS) is 12.0. The maximum atomic E-state index is 10.6. The van der Waals surface area contributed by atoms with Gasteiger partial charge in [-0.25, -0.2) is 4.79 Å². The average Bonchev–Trinajstić information content (AvgIpc) is 2.63. The molecule has 0 saturated carbocycles. The van der Waals surface area contributed by atoms with Crippen LogP contribution in [0.1, 0.15) is 85.0 Å². The van der Waals surface area contributed by atoms with E-state index in [4.69, 9.17) is 14.9 Å². The summed E-state index contributed by atoms with van der Waals surface area (Å²) in [5.74, 6) is -0.858. The summed E-state index contributed by atoms with van der Waals surface area (Å²) in [6.07, 6.45) is 14.9. The minimum atomic E-state index is -0.858. The van der Waals surface area contributed by atoms with Gasteiger partial charge in [0.1, 0.15) is 0 Å². The van der Waals surface area contributed by atoms with E-state index in [1.54, 1.807) is 0 Å². The first-order valence-corrected chi connectivity index (χ1v) is 10.4. The van der Waals surface area contributed by atoms with E-state index in [-0.39, 0.29) is 6.61 Å². The molecule has 0 amide bonds. The van der Waals surface area contributed by atoms with Crippen molar-refractivity contribution in [3.8, 4) is 0 Å². The molecule has 1 unspecified atom stereocenters. The molecule has 0 radical (unpaired) electrons. The van der Waals surface area contributed by atoms with Crippen molar-refractivity contribution in [1.82, 2.24) is 5.32 Å². The number of rotatable bonds is 17. The van der Waals surface area contributed by atoms with E-state index in [1.165, 1.54) is 32.1 Å². The third kappa shape index (κ3) is 23.1. The minimum Gasteiger partial charge on any atom is -0.479 e. The number of carboxylic acid groups (broad SMARTS) is 1. The van der Waals surface area contributed by atoms with Gasteiger partial charge in [0, 0.05) is 13.2 Å². The topological polar surface area (TPSA) is 78.8 Å². The Kier molecular flexibility index (Phi) is 25.3. The van der Waals surface area contributed by atoms with E-state index in [0.29, 0.717) is 13.0 Å². The van der Waals surface area contributed by atoms with Gasteiger partial charge in [0.25, 0.3) is 0 Å². The maximum Gasteiger partial charge on any atom is 0.332 e. The molecule has 5 nitrogen and oxygen atoms in total. The van der Waals surface area contributed by atoms with Crippen LogP contribution in [0.25, 0.3) is 0 Å². The summed E-state index contributed by atoms with van der Waals surface area (Å²) in [5.41, 5.74) is 0. The van der Waals surface area contributed by atoms with Crippen LogP contribution in [0.15, 0.2) is 12.2 Å². The molecule has 0 aromatic heterocycles. The molecule has 0 saturated heterocycles. The predicted molar refractivity (Wildman–Crippen MR) is 110 cm³/mol. The molecule has 0 bridgehead atoms. The van der Waals surface area contributed by atoms with Crippen molar-refractivity contribution in [3.05, 3.63) is 12.2 Å². The Morgan fingerprint density at radius 3 is 2.31 bits per heavy atom. The first-order valence-electron chi connectivity index (χ1n) is 10.4. The number of hydrogen-bond acceptors (Lipinski definition) is 4. The van der Waals surface area contributed by atoms with Crippen LogP contribution in [-0.2, 0) is 9.53 Å². The summed E-state index contributed by atoms with van der Waals surface area (Å²) in [5, 5.41) is 20.3. The molecular formula is C21H43NO4. The van der Waals surface area contributed by atoms with Gasteiger partial charge >= 0.3 is 5.97 Å². The van der Waals surface area contributed by atoms with E-state index in [1.807, 2.05) is 6.92 Å². The Balaban J connectivity index is 0. The van der Waals surface area contributed by atoms with Crippen LogP contribution in [0.3, 0.4) is 0 Å². The zero-order valence-electron chi connectivity index (χ0n) is 17.3. The van der Waals surface area contributed by atoms with Crippen molar-refractivity contribution < 1.29 is 19.7 Å². The highest BCUT2D eigenvalue weighted by Crippen LogP contribution is 2.03. The molecule has 1 atom stereocenters. The fourth-order valence-corrected chi connectivity index (χ4v) is 2.30. The monoisotopic (exact) mass is 373 g/mol. The molecule has 3 N–H and O–H groups in total. The lowest BCUT2D eigenvalue weighted by molar-refractivity contribution is -0.150. The van der Waals surface area contributed by atoms with Crippen molar-refractivity contribution in [2.24, 2.45) is 0 Å². The van der Waals surface area contributed by atoms with Gasteiger partial charge in [-0.15, -0.1) is 0 Å². The molecule has 0 fully saturated rings. The molecule has 26 heavy (non-hydrogen) atoms. The van der Waals surface area contributed by atoms with E-state index >= 15 is 0 Å². The van der Waals surface area contributed by atoms with Crippen LogP contribution in [0.4, 0.5) is 0 Å². The zero-order valence-corrected chi connectivity index (χ0v) is 17.3. The Hall–Kier alpha value is -0.910. The highest BCUT2D eigenvalue weighted by Gasteiger charge is 2.14. The van der Waals surface area contributed by atoms with Crippen LogP contribution in [0.2, 0.25) is 0 Å².